The molecule has 7 nitrogen and oxygen atoms in total. The molecular formula is C17H13N5O2. The smallest absolute Gasteiger partial charge is 0.258 e. The summed E-state index contributed by atoms with van der Waals surface area (Å²) >= 11 is 0. The first kappa shape index (κ1) is 15.2. The summed E-state index contributed by atoms with van der Waals surface area (Å²) < 4.78 is 5.20. The Kier molecular flexibility index (Phi) is 4.49. The lowest BCUT2D eigenvalue weighted by Crippen LogP contribution is -2.13. The van der Waals surface area contributed by atoms with Gasteiger partial charge in [-0.05, 0) is 36.4 Å². The molecular weight excluding hydrogens is 306 g/mol. The molecule has 0 spiro atoms. The molecule has 2 aromatic heterocycles. The minimum atomic E-state index is -0.322. The standard InChI is InChI=1S/C17H13N5O2/c18-8-12-3-5-14(6-4-12)22-16(23)13-9-19-17(20-10-13)21-11-15-2-1-7-24-15/h1-7,9-10H,11H2,(H,22,23)(H,19,20,21). The van der Waals surface area contributed by atoms with Gasteiger partial charge in [0.25, 0.3) is 5.91 Å². The number of furan rings is 1. The van der Waals surface area contributed by atoms with Gasteiger partial charge in [0.1, 0.15) is 5.76 Å². The van der Waals surface area contributed by atoms with Crippen LogP contribution < -0.4 is 10.6 Å². The van der Waals surface area contributed by atoms with Gasteiger partial charge < -0.3 is 15.1 Å². The van der Waals surface area contributed by atoms with Crippen LogP contribution in [0, 0.1) is 11.3 Å². The Morgan fingerprint density at radius 1 is 1.17 bits per heavy atom. The van der Waals surface area contributed by atoms with E-state index in [1.54, 1.807) is 36.6 Å². The number of nitrogens with one attached hydrogen (secondary N) is 2. The lowest BCUT2D eigenvalue weighted by atomic mass is 10.2. The minimum absolute atomic E-state index is 0.322. The van der Waals surface area contributed by atoms with Crippen molar-refractivity contribution in [3.8, 4) is 6.07 Å². The van der Waals surface area contributed by atoms with Crippen molar-refractivity contribution in [2.24, 2.45) is 0 Å². The Morgan fingerprint density at radius 3 is 2.54 bits per heavy atom. The summed E-state index contributed by atoms with van der Waals surface area (Å²) in [5, 5.41) is 14.5. The number of hydrogen-bond acceptors (Lipinski definition) is 6. The van der Waals surface area contributed by atoms with Crippen LogP contribution in [0.2, 0.25) is 0 Å². The fourth-order valence-corrected chi connectivity index (χ4v) is 1.95. The predicted molar refractivity (Wildman–Crippen MR) is 87.2 cm³/mol. The number of aromatic nitrogens is 2. The molecule has 0 aliphatic carbocycles. The van der Waals surface area contributed by atoms with E-state index in [1.807, 2.05) is 12.1 Å². The molecule has 0 atom stereocenters. The van der Waals surface area contributed by atoms with Gasteiger partial charge in [-0.2, -0.15) is 5.26 Å². The molecule has 0 bridgehead atoms. The first-order chi connectivity index (χ1) is 11.7. The lowest BCUT2D eigenvalue weighted by molar-refractivity contribution is 0.102. The summed E-state index contributed by atoms with van der Waals surface area (Å²) in [6.45, 7) is 0.462. The van der Waals surface area contributed by atoms with E-state index in [1.165, 1.54) is 12.4 Å². The number of hydrogen-bond donors (Lipinski definition) is 2. The maximum Gasteiger partial charge on any atom is 0.258 e. The van der Waals surface area contributed by atoms with Crippen molar-refractivity contribution >= 4 is 17.5 Å². The van der Waals surface area contributed by atoms with Gasteiger partial charge in [-0.1, -0.05) is 0 Å². The molecule has 0 aliphatic heterocycles. The number of nitriles is 1. The van der Waals surface area contributed by atoms with Gasteiger partial charge in [-0.15, -0.1) is 0 Å². The van der Waals surface area contributed by atoms with Crippen molar-refractivity contribution < 1.29 is 9.21 Å². The fraction of sp³-hybridized carbons (Fsp3) is 0.0588. The topological polar surface area (TPSA) is 104 Å². The molecule has 2 N–H and O–H groups in total. The number of anilines is 2. The summed E-state index contributed by atoms with van der Waals surface area (Å²) in [6.07, 6.45) is 4.47. The van der Waals surface area contributed by atoms with E-state index in [2.05, 4.69) is 20.6 Å². The molecule has 0 radical (unpaired) electrons. The second kappa shape index (κ2) is 7.07. The Bertz CT molecular complexity index is 850. The van der Waals surface area contributed by atoms with Crippen molar-refractivity contribution in [1.29, 1.82) is 5.26 Å². The molecule has 3 rings (SSSR count). The zero-order valence-electron chi connectivity index (χ0n) is 12.6. The van der Waals surface area contributed by atoms with Crippen molar-refractivity contribution in [3.05, 3.63) is 71.9 Å². The van der Waals surface area contributed by atoms with E-state index in [-0.39, 0.29) is 5.91 Å². The van der Waals surface area contributed by atoms with Crippen LogP contribution in [0.3, 0.4) is 0 Å². The number of carbonyl (C=O) groups excluding carboxylic acids is 1. The van der Waals surface area contributed by atoms with Crippen LogP contribution in [-0.2, 0) is 6.54 Å². The lowest BCUT2D eigenvalue weighted by Gasteiger charge is -2.06. The average molecular weight is 319 g/mol. The summed E-state index contributed by atoms with van der Waals surface area (Å²) in [7, 11) is 0. The normalized spacial score (nSPS) is 9.96. The Labute approximate surface area is 138 Å². The van der Waals surface area contributed by atoms with Crippen LogP contribution in [0.25, 0.3) is 0 Å². The Hall–Kier alpha value is -3.66. The van der Waals surface area contributed by atoms with Crippen LogP contribution in [0.4, 0.5) is 11.6 Å². The third-order valence-corrected chi connectivity index (χ3v) is 3.19. The van der Waals surface area contributed by atoms with Crippen LogP contribution in [0.5, 0.6) is 0 Å². The first-order valence-electron chi connectivity index (χ1n) is 7.14. The van der Waals surface area contributed by atoms with Crippen LogP contribution in [0.15, 0.2) is 59.5 Å². The SMILES string of the molecule is N#Cc1ccc(NC(=O)c2cnc(NCc3ccco3)nc2)cc1. The third kappa shape index (κ3) is 3.75. The zero-order valence-corrected chi connectivity index (χ0v) is 12.6. The van der Waals surface area contributed by atoms with E-state index < -0.39 is 0 Å². The largest absolute Gasteiger partial charge is 0.467 e. The van der Waals surface area contributed by atoms with Crippen molar-refractivity contribution in [2.75, 3.05) is 10.6 Å². The van der Waals surface area contributed by atoms with Gasteiger partial charge in [0.15, 0.2) is 0 Å². The molecule has 3 aromatic rings. The van der Waals surface area contributed by atoms with E-state index in [9.17, 15) is 4.79 Å². The second-order valence-corrected chi connectivity index (χ2v) is 4.87. The van der Waals surface area contributed by atoms with Gasteiger partial charge >= 0.3 is 0 Å². The van der Waals surface area contributed by atoms with Gasteiger partial charge in [-0.3, -0.25) is 4.79 Å². The van der Waals surface area contributed by atoms with Crippen LogP contribution in [0.1, 0.15) is 21.7 Å². The maximum atomic E-state index is 12.1. The Balaban J connectivity index is 1.59. The highest BCUT2D eigenvalue weighted by Crippen LogP contribution is 2.11. The number of carbonyl (C=O) groups is 1. The quantitative estimate of drug-likeness (QED) is 0.749. The molecule has 7 heteroatoms. The fourth-order valence-electron chi connectivity index (χ4n) is 1.95. The van der Waals surface area contributed by atoms with Gasteiger partial charge in [0.05, 0.1) is 30.0 Å². The summed E-state index contributed by atoms with van der Waals surface area (Å²) in [4.78, 5) is 20.3. The van der Waals surface area contributed by atoms with E-state index in [0.717, 1.165) is 5.76 Å². The molecule has 2 heterocycles. The van der Waals surface area contributed by atoms with Crippen LogP contribution in [-0.4, -0.2) is 15.9 Å². The van der Waals surface area contributed by atoms with Gasteiger partial charge in [0, 0.05) is 18.1 Å². The molecule has 0 aliphatic rings. The average Bonchev–Trinajstić information content (AvgIpc) is 3.14. The molecule has 1 aromatic carbocycles. The summed E-state index contributed by atoms with van der Waals surface area (Å²) in [5.41, 5.74) is 1.46. The summed E-state index contributed by atoms with van der Waals surface area (Å²) in [6, 6.07) is 12.3. The molecule has 0 saturated carbocycles. The second-order valence-electron chi connectivity index (χ2n) is 4.87. The molecule has 0 unspecified atom stereocenters. The van der Waals surface area contributed by atoms with Crippen molar-refractivity contribution in [3.63, 3.8) is 0 Å². The molecule has 24 heavy (non-hydrogen) atoms. The molecule has 1 amide bonds. The highest BCUT2D eigenvalue weighted by Gasteiger charge is 2.08. The van der Waals surface area contributed by atoms with Gasteiger partial charge in [0.2, 0.25) is 5.95 Å². The number of rotatable bonds is 5. The first-order valence-corrected chi connectivity index (χ1v) is 7.14. The predicted octanol–water partition coefficient (Wildman–Crippen LogP) is 2.81. The Morgan fingerprint density at radius 2 is 1.92 bits per heavy atom. The summed E-state index contributed by atoms with van der Waals surface area (Å²) in [5.74, 6) is 0.847. The molecule has 0 fully saturated rings. The molecule has 0 saturated heterocycles. The van der Waals surface area contributed by atoms with E-state index in [0.29, 0.717) is 29.3 Å². The van der Waals surface area contributed by atoms with E-state index >= 15 is 0 Å². The maximum absolute atomic E-state index is 12.1. The van der Waals surface area contributed by atoms with E-state index in [4.69, 9.17) is 9.68 Å². The number of amides is 1. The van der Waals surface area contributed by atoms with Crippen LogP contribution >= 0.6 is 0 Å². The zero-order chi connectivity index (χ0) is 16.8. The molecule has 118 valence electrons. The highest BCUT2D eigenvalue weighted by molar-refractivity contribution is 6.03. The highest BCUT2D eigenvalue weighted by atomic mass is 16.3. The number of benzene rings is 1. The monoisotopic (exact) mass is 319 g/mol. The van der Waals surface area contributed by atoms with Gasteiger partial charge in [-0.25, -0.2) is 9.97 Å². The third-order valence-electron chi connectivity index (χ3n) is 3.19. The van der Waals surface area contributed by atoms with Crippen molar-refractivity contribution in [2.45, 2.75) is 6.54 Å². The number of nitrogens with zero attached hydrogens (tertiary/aromatic N) is 3. The minimum Gasteiger partial charge on any atom is -0.467 e. The van der Waals surface area contributed by atoms with Crippen molar-refractivity contribution in [1.82, 2.24) is 9.97 Å².